The molecule has 0 N–H and O–H groups in total. The van der Waals surface area contributed by atoms with Gasteiger partial charge in [0.1, 0.15) is 6.04 Å². The van der Waals surface area contributed by atoms with Crippen molar-refractivity contribution in [2.75, 3.05) is 37.7 Å². The van der Waals surface area contributed by atoms with Gasteiger partial charge in [-0.1, -0.05) is 0 Å². The molecule has 10 heteroatoms. The summed E-state index contributed by atoms with van der Waals surface area (Å²) in [6, 6.07) is 3.40. The molecule has 0 aromatic heterocycles. The molecule has 27 heavy (non-hydrogen) atoms. The van der Waals surface area contributed by atoms with E-state index in [4.69, 9.17) is 4.74 Å². The van der Waals surface area contributed by atoms with Gasteiger partial charge < -0.3 is 19.3 Å². The topological polar surface area (TPSA) is 85.2 Å². The molecular weight excluding hydrogens is 364 g/mol. The van der Waals surface area contributed by atoms with Gasteiger partial charge in [0.25, 0.3) is 0 Å². The lowest BCUT2D eigenvalue weighted by Gasteiger charge is -2.40. The van der Waals surface area contributed by atoms with Crippen LogP contribution in [0.15, 0.2) is 18.2 Å². The molecule has 3 rings (SSSR count). The van der Waals surface area contributed by atoms with Crippen molar-refractivity contribution in [3.8, 4) is 5.75 Å². The van der Waals surface area contributed by atoms with Crippen LogP contribution in [-0.4, -0.2) is 61.2 Å². The molecule has 2 saturated heterocycles. The van der Waals surface area contributed by atoms with Gasteiger partial charge in [0, 0.05) is 37.5 Å². The number of piperidine rings is 1. The number of hydrogen-bond donors (Lipinski definition) is 0. The van der Waals surface area contributed by atoms with Crippen LogP contribution in [-0.2, 0) is 9.53 Å². The Morgan fingerprint density at radius 2 is 2.00 bits per heavy atom. The Morgan fingerprint density at radius 1 is 1.26 bits per heavy atom. The van der Waals surface area contributed by atoms with Crippen molar-refractivity contribution < 1.29 is 28.0 Å². The molecule has 2 fully saturated rings. The number of alkyl halides is 2. The fourth-order valence-electron chi connectivity index (χ4n) is 3.51. The minimum atomic E-state index is -3.17. The fraction of sp³-hybridized carbons (Fsp3) is 0.588. The number of halogens is 2. The molecule has 0 spiro atoms. The molecule has 0 bridgehead atoms. The summed E-state index contributed by atoms with van der Waals surface area (Å²) >= 11 is 0. The van der Waals surface area contributed by atoms with Gasteiger partial charge in [-0.3, -0.25) is 14.9 Å². The number of nitro groups is 1. The Hall–Kier alpha value is -2.49. The van der Waals surface area contributed by atoms with Crippen LogP contribution in [0.25, 0.3) is 0 Å². The minimum absolute atomic E-state index is 0.0346. The average Bonchev–Trinajstić information content (AvgIpc) is 2.67. The SMILES string of the molecule is O=C(C1CCCCN1c1ccc([N+](=O)[O-])c(OC(F)F)c1)N1CCOCC1. The smallest absolute Gasteiger partial charge is 0.387 e. The summed E-state index contributed by atoms with van der Waals surface area (Å²) < 4.78 is 34.9. The third-order valence-electron chi connectivity index (χ3n) is 4.80. The largest absolute Gasteiger partial charge is 0.427 e. The number of amides is 1. The molecule has 2 aliphatic heterocycles. The van der Waals surface area contributed by atoms with Gasteiger partial charge in [0.15, 0.2) is 0 Å². The van der Waals surface area contributed by atoms with Crippen molar-refractivity contribution in [1.29, 1.82) is 0 Å². The van der Waals surface area contributed by atoms with Crippen LogP contribution in [0.5, 0.6) is 5.75 Å². The summed E-state index contributed by atoms with van der Waals surface area (Å²) in [5.74, 6) is -0.539. The van der Waals surface area contributed by atoms with Crippen molar-refractivity contribution in [2.24, 2.45) is 0 Å². The first-order valence-electron chi connectivity index (χ1n) is 8.84. The molecule has 1 unspecified atom stereocenters. The number of carbonyl (C=O) groups excluding carboxylic acids is 1. The highest BCUT2D eigenvalue weighted by molar-refractivity contribution is 5.86. The zero-order valence-corrected chi connectivity index (χ0v) is 14.7. The number of morpholine rings is 1. The van der Waals surface area contributed by atoms with Crippen LogP contribution in [0.2, 0.25) is 0 Å². The van der Waals surface area contributed by atoms with Crippen LogP contribution in [0.3, 0.4) is 0 Å². The van der Waals surface area contributed by atoms with Gasteiger partial charge in [-0.2, -0.15) is 8.78 Å². The molecule has 0 aliphatic carbocycles. The number of benzene rings is 1. The molecule has 2 aliphatic rings. The Labute approximate surface area is 154 Å². The standard InChI is InChI=1S/C17H21F2N3O5/c18-17(19)27-15-11-12(4-5-13(15)22(24)25)21-6-2-1-3-14(21)16(23)20-7-9-26-10-8-20/h4-5,11,14,17H,1-3,6-10H2. The van der Waals surface area contributed by atoms with Crippen molar-refractivity contribution >= 4 is 17.3 Å². The van der Waals surface area contributed by atoms with E-state index in [-0.39, 0.29) is 5.91 Å². The van der Waals surface area contributed by atoms with E-state index in [1.54, 1.807) is 4.90 Å². The highest BCUT2D eigenvalue weighted by atomic mass is 19.3. The molecule has 1 atom stereocenters. The number of anilines is 1. The van der Waals surface area contributed by atoms with Crippen LogP contribution in [0, 0.1) is 10.1 Å². The normalized spacial score (nSPS) is 20.6. The van der Waals surface area contributed by atoms with Gasteiger partial charge in [-0.05, 0) is 25.3 Å². The molecule has 2 heterocycles. The molecule has 1 aromatic rings. The maximum absolute atomic E-state index is 12.9. The van der Waals surface area contributed by atoms with Crippen molar-refractivity contribution in [3.63, 3.8) is 0 Å². The molecular formula is C17H21F2N3O5. The van der Waals surface area contributed by atoms with E-state index in [1.807, 2.05) is 4.90 Å². The Kier molecular flexibility index (Phi) is 6.04. The van der Waals surface area contributed by atoms with E-state index >= 15 is 0 Å². The lowest BCUT2D eigenvalue weighted by atomic mass is 9.99. The van der Waals surface area contributed by atoms with Crippen molar-refractivity contribution in [3.05, 3.63) is 28.3 Å². The first kappa shape index (κ1) is 19.3. The summed E-state index contributed by atoms with van der Waals surface area (Å²) in [6.45, 7) is -0.602. The molecule has 148 valence electrons. The fourth-order valence-corrected chi connectivity index (χ4v) is 3.51. The monoisotopic (exact) mass is 385 g/mol. The summed E-state index contributed by atoms with van der Waals surface area (Å²) in [6.07, 6.45) is 2.36. The second-order valence-corrected chi connectivity index (χ2v) is 6.43. The first-order valence-corrected chi connectivity index (χ1v) is 8.84. The predicted molar refractivity (Wildman–Crippen MR) is 92.1 cm³/mol. The van der Waals surface area contributed by atoms with E-state index < -0.39 is 29.0 Å². The summed E-state index contributed by atoms with van der Waals surface area (Å²) in [7, 11) is 0. The van der Waals surface area contributed by atoms with E-state index in [9.17, 15) is 23.7 Å². The number of carbonyl (C=O) groups is 1. The van der Waals surface area contributed by atoms with E-state index in [0.717, 1.165) is 18.9 Å². The molecule has 0 saturated carbocycles. The highest BCUT2D eigenvalue weighted by Crippen LogP contribution is 2.35. The van der Waals surface area contributed by atoms with E-state index in [0.29, 0.717) is 45.0 Å². The lowest BCUT2D eigenvalue weighted by Crippen LogP contribution is -2.53. The third-order valence-corrected chi connectivity index (χ3v) is 4.80. The van der Waals surface area contributed by atoms with Crippen molar-refractivity contribution in [2.45, 2.75) is 31.9 Å². The maximum Gasteiger partial charge on any atom is 0.387 e. The first-order chi connectivity index (χ1) is 13.0. The quantitative estimate of drug-likeness (QED) is 0.572. The lowest BCUT2D eigenvalue weighted by molar-refractivity contribution is -0.386. The van der Waals surface area contributed by atoms with E-state index in [2.05, 4.69) is 4.74 Å². The van der Waals surface area contributed by atoms with E-state index in [1.165, 1.54) is 12.1 Å². The number of ether oxygens (including phenoxy) is 2. The molecule has 0 radical (unpaired) electrons. The minimum Gasteiger partial charge on any atom is -0.427 e. The van der Waals surface area contributed by atoms with Gasteiger partial charge in [0.2, 0.25) is 11.7 Å². The number of rotatable bonds is 5. The van der Waals surface area contributed by atoms with Crippen LogP contribution in [0.4, 0.5) is 20.2 Å². The summed E-state index contributed by atoms with van der Waals surface area (Å²) in [5, 5.41) is 11.1. The Morgan fingerprint density at radius 3 is 2.67 bits per heavy atom. The Bertz CT molecular complexity index is 697. The zero-order valence-electron chi connectivity index (χ0n) is 14.7. The number of nitro benzene ring substituents is 1. The maximum atomic E-state index is 12.9. The van der Waals surface area contributed by atoms with Gasteiger partial charge >= 0.3 is 12.3 Å². The summed E-state index contributed by atoms with van der Waals surface area (Å²) in [5.41, 5.74) is -0.0744. The predicted octanol–water partition coefficient (Wildman–Crippen LogP) is 2.41. The highest BCUT2D eigenvalue weighted by Gasteiger charge is 2.33. The van der Waals surface area contributed by atoms with Crippen LogP contribution < -0.4 is 9.64 Å². The second-order valence-electron chi connectivity index (χ2n) is 6.43. The Balaban J connectivity index is 1.87. The second kappa shape index (κ2) is 8.47. The van der Waals surface area contributed by atoms with Gasteiger partial charge in [-0.25, -0.2) is 0 Å². The molecule has 8 nitrogen and oxygen atoms in total. The van der Waals surface area contributed by atoms with Gasteiger partial charge in [-0.15, -0.1) is 0 Å². The number of nitrogens with zero attached hydrogens (tertiary/aromatic N) is 3. The zero-order chi connectivity index (χ0) is 19.4. The van der Waals surface area contributed by atoms with Crippen LogP contribution in [0.1, 0.15) is 19.3 Å². The molecule has 1 amide bonds. The van der Waals surface area contributed by atoms with Crippen molar-refractivity contribution in [1.82, 2.24) is 4.90 Å². The average molecular weight is 385 g/mol. The van der Waals surface area contributed by atoms with Crippen LogP contribution >= 0.6 is 0 Å². The number of hydrogen-bond acceptors (Lipinski definition) is 6. The molecule has 1 aromatic carbocycles. The van der Waals surface area contributed by atoms with Gasteiger partial charge in [0.05, 0.1) is 18.1 Å². The summed E-state index contributed by atoms with van der Waals surface area (Å²) in [4.78, 5) is 26.8. The third kappa shape index (κ3) is 4.44.